The minimum Gasteiger partial charge on any atom is -0.497 e. The van der Waals surface area contributed by atoms with Crippen LogP contribution in [-0.4, -0.2) is 135 Å². The van der Waals surface area contributed by atoms with E-state index in [9.17, 15) is 24.3 Å². The number of aliphatic carboxylic acids is 1. The molecular weight excluding hydrogens is 951 g/mol. The van der Waals surface area contributed by atoms with Gasteiger partial charge in [-0.2, -0.15) is 5.48 Å². The van der Waals surface area contributed by atoms with E-state index >= 15 is 0 Å². The maximum atomic E-state index is 12.9. The molecule has 4 aliphatic heterocycles. The van der Waals surface area contributed by atoms with E-state index in [1.165, 1.54) is 0 Å². The Labute approximate surface area is 428 Å². The van der Waals surface area contributed by atoms with Crippen LogP contribution in [0.1, 0.15) is 24.0 Å². The molecule has 10 rings (SSSR count). The number of fused-ring (bicyclic) bond motifs is 4. The summed E-state index contributed by atoms with van der Waals surface area (Å²) in [5.74, 6) is 2.35. The lowest BCUT2D eigenvalue weighted by Crippen LogP contribution is -2.53. The average Bonchev–Trinajstić information content (AvgIpc) is 3.43. The van der Waals surface area contributed by atoms with E-state index in [4.69, 9.17) is 33.3 Å². The van der Waals surface area contributed by atoms with Crippen LogP contribution in [0.5, 0.6) is 34.5 Å². The third-order valence-electron chi connectivity index (χ3n) is 14.2. The van der Waals surface area contributed by atoms with Gasteiger partial charge in [0.15, 0.2) is 23.0 Å². The molecule has 0 radical (unpaired) electrons. The lowest BCUT2D eigenvalue weighted by molar-refractivity contribution is -0.158. The summed E-state index contributed by atoms with van der Waals surface area (Å²) in [7, 11) is 4.80. The number of likely N-dealkylation sites (tertiary alicyclic amines) is 2. The molecule has 2 fully saturated rings. The number of ether oxygens (including phenoxy) is 6. The summed E-state index contributed by atoms with van der Waals surface area (Å²) in [4.78, 5) is 59.9. The Balaban J connectivity index is 0.000000182. The SMILES string of the molecule is CNOC(=O)C1CN(CCn2c(=O)ccc3ccc(OC)cc32)CCC1NCc1ccc2c(c1)OCCO2.COc1ccc2ccc(=O)n(CCN3CCC(NCc4ccc5c(c4)OCCO5)C(C(=O)O)C3)c2c1. The van der Waals surface area contributed by atoms with Crippen LogP contribution in [0.3, 0.4) is 0 Å². The first-order chi connectivity index (χ1) is 36.1. The highest BCUT2D eigenvalue weighted by Gasteiger charge is 2.36. The number of hydrogen-bond donors (Lipinski definition) is 4. The molecular formula is C55H65N7O12. The molecule has 4 aromatic carbocycles. The summed E-state index contributed by atoms with van der Waals surface area (Å²) < 4.78 is 36.7. The predicted molar refractivity (Wildman–Crippen MR) is 278 cm³/mol. The first kappa shape index (κ1) is 51.7. The number of nitrogens with one attached hydrogen (secondary N) is 3. The molecule has 19 nitrogen and oxygen atoms in total. The third-order valence-corrected chi connectivity index (χ3v) is 14.2. The maximum Gasteiger partial charge on any atom is 0.330 e. The minimum atomic E-state index is -0.813. The van der Waals surface area contributed by atoms with Crippen molar-refractivity contribution in [3.8, 4) is 34.5 Å². The van der Waals surface area contributed by atoms with E-state index in [0.717, 1.165) is 75.4 Å². The van der Waals surface area contributed by atoms with Crippen molar-refractivity contribution in [3.63, 3.8) is 0 Å². The molecule has 0 bridgehead atoms. The Morgan fingerprint density at radius 2 is 1.03 bits per heavy atom. The topological polar surface area (TPSA) is 206 Å². The summed E-state index contributed by atoms with van der Waals surface area (Å²) in [6.45, 7) is 8.04. The van der Waals surface area contributed by atoms with E-state index in [-0.39, 0.29) is 35.1 Å². The molecule has 2 saturated heterocycles. The summed E-state index contributed by atoms with van der Waals surface area (Å²) >= 11 is 0. The lowest BCUT2D eigenvalue weighted by atomic mass is 9.91. The highest BCUT2D eigenvalue weighted by molar-refractivity contribution is 5.81. The van der Waals surface area contributed by atoms with Crippen molar-refractivity contribution in [2.75, 3.05) is 87.0 Å². The molecule has 0 amide bonds. The van der Waals surface area contributed by atoms with Crippen LogP contribution in [0.15, 0.2) is 107 Å². The number of carboxylic acid groups (broad SMARTS) is 1. The molecule has 0 spiro atoms. The molecule has 6 heterocycles. The highest BCUT2D eigenvalue weighted by atomic mass is 16.7. The van der Waals surface area contributed by atoms with E-state index in [1.54, 1.807) is 42.5 Å². The highest BCUT2D eigenvalue weighted by Crippen LogP contribution is 2.33. The first-order valence-electron chi connectivity index (χ1n) is 25.2. The molecule has 6 aromatic rings. The Morgan fingerprint density at radius 1 is 0.581 bits per heavy atom. The fourth-order valence-corrected chi connectivity index (χ4v) is 10.2. The number of carbonyl (C=O) groups excluding carboxylic acids is 1. The minimum absolute atomic E-state index is 0.0511. The number of nitrogens with zero attached hydrogens (tertiary/aromatic N) is 4. The van der Waals surface area contributed by atoms with Crippen LogP contribution in [-0.2, 0) is 40.6 Å². The van der Waals surface area contributed by atoms with Gasteiger partial charge in [-0.3, -0.25) is 14.4 Å². The molecule has 0 saturated carbocycles. The number of aromatic nitrogens is 2. The smallest absolute Gasteiger partial charge is 0.330 e. The largest absolute Gasteiger partial charge is 0.497 e. The van der Waals surface area contributed by atoms with Gasteiger partial charge in [-0.15, -0.1) is 0 Å². The van der Waals surface area contributed by atoms with Crippen molar-refractivity contribution < 1.29 is 48.0 Å². The van der Waals surface area contributed by atoms with Crippen molar-refractivity contribution in [2.45, 2.75) is 51.1 Å². The number of methoxy groups -OCH3 is 2. The quantitative estimate of drug-likeness (QED) is 0.0942. The molecule has 4 atom stereocenters. The van der Waals surface area contributed by atoms with Crippen molar-refractivity contribution >= 4 is 33.7 Å². The Hall–Kier alpha value is -7.16. The van der Waals surface area contributed by atoms with Gasteiger partial charge in [0.25, 0.3) is 11.1 Å². The number of piperidine rings is 2. The zero-order chi connectivity index (χ0) is 51.6. The van der Waals surface area contributed by atoms with Crippen molar-refractivity contribution in [1.29, 1.82) is 0 Å². The number of carboxylic acids is 1. The van der Waals surface area contributed by atoms with Gasteiger partial charge in [-0.05, 0) is 108 Å². The van der Waals surface area contributed by atoms with Gasteiger partial charge in [0, 0.05) is 95.8 Å². The van der Waals surface area contributed by atoms with E-state index < -0.39 is 11.9 Å². The number of hydroxylamine groups is 1. The number of pyridine rings is 2. The molecule has 2 aromatic heterocycles. The van der Waals surface area contributed by atoms with Gasteiger partial charge in [-0.25, -0.2) is 4.79 Å². The van der Waals surface area contributed by atoms with Gasteiger partial charge in [0.1, 0.15) is 37.9 Å². The molecule has 19 heteroatoms. The summed E-state index contributed by atoms with van der Waals surface area (Å²) in [6, 6.07) is 29.7. The standard InChI is InChI=1S/C28H34N4O6.C27H31N3O6/c1-29-38-28(34)22-18-31(11-12-32-24-16-21(35-2)6-4-20(24)5-8-27(32)33)10-9-23(22)30-17-19-3-7-25-26(15-19)37-14-13-36-25;1-34-20-5-3-19-4-7-26(31)30(23(19)15-20)11-10-29-9-8-22(21(17-29)27(32)33)28-16-18-2-6-24-25(14-18)36-13-12-35-24/h3-8,15-16,22-23,29-30H,9-14,17-18H2,1-2H3;2-7,14-15,21-22,28H,8-13,16-17H2,1H3,(H,32,33). The first-order valence-corrected chi connectivity index (χ1v) is 25.2. The van der Waals surface area contributed by atoms with Crippen LogP contribution < -0.4 is 55.7 Å². The fourth-order valence-electron chi connectivity index (χ4n) is 10.2. The Bertz CT molecular complexity index is 3050. The third kappa shape index (κ3) is 12.4. The molecule has 392 valence electrons. The zero-order valence-electron chi connectivity index (χ0n) is 42.1. The number of hydrogen-bond acceptors (Lipinski definition) is 16. The van der Waals surface area contributed by atoms with Gasteiger partial charge in [0.05, 0.1) is 37.1 Å². The van der Waals surface area contributed by atoms with Gasteiger partial charge in [-0.1, -0.05) is 12.1 Å². The van der Waals surface area contributed by atoms with Crippen molar-refractivity contribution in [1.82, 2.24) is 35.0 Å². The molecule has 4 aliphatic rings. The van der Waals surface area contributed by atoms with Gasteiger partial charge < -0.3 is 67.9 Å². The zero-order valence-corrected chi connectivity index (χ0v) is 42.1. The van der Waals surface area contributed by atoms with Crippen LogP contribution in [0.4, 0.5) is 0 Å². The normalized spacial score (nSPS) is 19.6. The van der Waals surface area contributed by atoms with Crippen LogP contribution in [0.25, 0.3) is 21.8 Å². The average molecular weight is 1020 g/mol. The Kier molecular flexibility index (Phi) is 17.0. The molecule has 0 aliphatic carbocycles. The van der Waals surface area contributed by atoms with Gasteiger partial charge in [0.2, 0.25) is 0 Å². The summed E-state index contributed by atoms with van der Waals surface area (Å²) in [5, 5.41) is 18.9. The number of rotatable bonds is 17. The van der Waals surface area contributed by atoms with Crippen molar-refractivity contribution in [3.05, 3.63) is 129 Å². The maximum absolute atomic E-state index is 12.9. The van der Waals surface area contributed by atoms with Crippen LogP contribution in [0, 0.1) is 11.8 Å². The second kappa shape index (κ2) is 24.2. The molecule has 74 heavy (non-hydrogen) atoms. The number of benzene rings is 4. The lowest BCUT2D eigenvalue weighted by Gasteiger charge is -2.37. The summed E-state index contributed by atoms with van der Waals surface area (Å²) in [5.41, 5.74) is 6.10. The molecule has 4 unspecified atom stereocenters. The van der Waals surface area contributed by atoms with E-state index in [1.807, 2.05) is 84.9 Å². The predicted octanol–water partition coefficient (Wildman–Crippen LogP) is 4.29. The second-order valence-corrected chi connectivity index (χ2v) is 18.8. The van der Waals surface area contributed by atoms with Gasteiger partial charge >= 0.3 is 11.9 Å². The van der Waals surface area contributed by atoms with E-state index in [0.29, 0.717) is 96.7 Å². The fraction of sp³-hybridized carbons (Fsp3) is 0.418. The second-order valence-electron chi connectivity index (χ2n) is 18.8. The monoisotopic (exact) mass is 1020 g/mol. The molecule has 4 N–H and O–H groups in total. The van der Waals surface area contributed by atoms with Crippen LogP contribution >= 0.6 is 0 Å². The summed E-state index contributed by atoms with van der Waals surface area (Å²) in [6.07, 6.45) is 1.48. The van der Waals surface area contributed by atoms with Crippen molar-refractivity contribution in [2.24, 2.45) is 11.8 Å². The Morgan fingerprint density at radius 3 is 1.49 bits per heavy atom. The van der Waals surface area contributed by atoms with E-state index in [2.05, 4.69) is 25.9 Å². The number of carbonyl (C=O) groups is 2. The van der Waals surface area contributed by atoms with Crippen LogP contribution in [0.2, 0.25) is 0 Å².